The maximum Gasteiger partial charge on any atom is 0.167 e. The predicted octanol–water partition coefficient (Wildman–Crippen LogP) is 2.84. The number of carbonyl (C=O) groups excluding carboxylic acids is 1. The third-order valence-electron chi connectivity index (χ3n) is 3.25. The number of aromatic amines is 1. The molecule has 0 aliphatic heterocycles. The fourth-order valence-electron chi connectivity index (χ4n) is 2.47. The lowest BCUT2D eigenvalue weighted by molar-refractivity contribution is 0.0954. The van der Waals surface area contributed by atoms with Crippen LogP contribution in [0.25, 0.3) is 11.3 Å². The Balaban J connectivity index is 2.13. The molecule has 0 spiro atoms. The highest BCUT2D eigenvalue weighted by Gasteiger charge is 2.28. The van der Waals surface area contributed by atoms with E-state index in [1.165, 1.54) is 0 Å². The van der Waals surface area contributed by atoms with Crippen molar-refractivity contribution in [2.24, 2.45) is 5.92 Å². The summed E-state index contributed by atoms with van der Waals surface area (Å²) in [5, 5.41) is 7.32. The van der Waals surface area contributed by atoms with Gasteiger partial charge in [0, 0.05) is 17.7 Å². The Morgan fingerprint density at radius 2 is 2.00 bits per heavy atom. The Kier molecular flexibility index (Phi) is 2.32. The van der Waals surface area contributed by atoms with E-state index in [0.29, 0.717) is 12.3 Å². The van der Waals surface area contributed by atoms with Crippen LogP contribution in [0.2, 0.25) is 0 Å². The molecule has 0 saturated carbocycles. The normalized spacial score (nSPS) is 19.1. The first kappa shape index (κ1) is 10.3. The quantitative estimate of drug-likeness (QED) is 0.812. The summed E-state index contributed by atoms with van der Waals surface area (Å²) in [7, 11) is 0. The number of Topliss-reactive ketones (excluding diaryl/α,β-unsaturated/α-hetero) is 1. The second-order valence-electron chi connectivity index (χ2n) is 4.73. The van der Waals surface area contributed by atoms with Crippen molar-refractivity contribution in [2.75, 3.05) is 0 Å². The van der Waals surface area contributed by atoms with Crippen molar-refractivity contribution in [3.8, 4) is 11.3 Å². The molecule has 86 valence electrons. The molecule has 1 aromatic carbocycles. The summed E-state index contributed by atoms with van der Waals surface area (Å²) in [5.41, 5.74) is 3.60. The zero-order chi connectivity index (χ0) is 11.8. The third-order valence-corrected chi connectivity index (χ3v) is 3.25. The maximum atomic E-state index is 12.1. The largest absolute Gasteiger partial charge is 0.294 e. The fourth-order valence-corrected chi connectivity index (χ4v) is 2.47. The SMILES string of the molecule is C[C@@H]1CC(=O)c2c(-c3ccccc3)n[nH]c2C1. The van der Waals surface area contributed by atoms with E-state index in [4.69, 9.17) is 0 Å². The zero-order valence-corrected chi connectivity index (χ0v) is 9.73. The highest BCUT2D eigenvalue weighted by Crippen LogP contribution is 2.31. The Bertz CT molecular complexity index is 557. The van der Waals surface area contributed by atoms with Crippen LogP contribution in [0.15, 0.2) is 30.3 Å². The molecule has 1 N–H and O–H groups in total. The van der Waals surface area contributed by atoms with Crippen molar-refractivity contribution >= 4 is 5.78 Å². The summed E-state index contributed by atoms with van der Waals surface area (Å²) in [4.78, 5) is 12.1. The van der Waals surface area contributed by atoms with Crippen molar-refractivity contribution in [2.45, 2.75) is 19.8 Å². The Hall–Kier alpha value is -1.90. The minimum atomic E-state index is 0.214. The second-order valence-corrected chi connectivity index (χ2v) is 4.73. The van der Waals surface area contributed by atoms with Gasteiger partial charge in [0.1, 0.15) is 5.69 Å². The Morgan fingerprint density at radius 1 is 1.24 bits per heavy atom. The van der Waals surface area contributed by atoms with E-state index in [1.54, 1.807) is 0 Å². The van der Waals surface area contributed by atoms with Crippen LogP contribution in [-0.4, -0.2) is 16.0 Å². The topological polar surface area (TPSA) is 45.8 Å². The van der Waals surface area contributed by atoms with E-state index in [1.807, 2.05) is 30.3 Å². The van der Waals surface area contributed by atoms with E-state index in [-0.39, 0.29) is 5.78 Å². The first-order valence-electron chi connectivity index (χ1n) is 5.91. The maximum absolute atomic E-state index is 12.1. The van der Waals surface area contributed by atoms with Gasteiger partial charge >= 0.3 is 0 Å². The van der Waals surface area contributed by atoms with Crippen LogP contribution in [-0.2, 0) is 6.42 Å². The van der Waals surface area contributed by atoms with Gasteiger partial charge in [0.05, 0.1) is 5.56 Å². The molecular formula is C14H14N2O. The lowest BCUT2D eigenvalue weighted by atomic mass is 9.86. The minimum absolute atomic E-state index is 0.214. The highest BCUT2D eigenvalue weighted by molar-refractivity contribution is 6.03. The molecule has 3 rings (SSSR count). The fraction of sp³-hybridized carbons (Fsp3) is 0.286. The summed E-state index contributed by atoms with van der Waals surface area (Å²) in [6, 6.07) is 9.87. The van der Waals surface area contributed by atoms with E-state index in [2.05, 4.69) is 17.1 Å². The summed E-state index contributed by atoms with van der Waals surface area (Å²) >= 11 is 0. The number of aromatic nitrogens is 2. The zero-order valence-electron chi connectivity index (χ0n) is 9.73. The lowest BCUT2D eigenvalue weighted by Crippen LogP contribution is -2.17. The number of rotatable bonds is 1. The molecule has 2 aromatic rings. The van der Waals surface area contributed by atoms with Gasteiger partial charge < -0.3 is 0 Å². The number of hydrogen-bond donors (Lipinski definition) is 1. The smallest absolute Gasteiger partial charge is 0.167 e. The number of nitrogens with zero attached hydrogens (tertiary/aromatic N) is 1. The number of hydrogen-bond acceptors (Lipinski definition) is 2. The number of fused-ring (bicyclic) bond motifs is 1. The molecule has 3 heteroatoms. The number of benzene rings is 1. The van der Waals surface area contributed by atoms with Crippen molar-refractivity contribution in [3.05, 3.63) is 41.6 Å². The highest BCUT2D eigenvalue weighted by atomic mass is 16.1. The van der Waals surface area contributed by atoms with Gasteiger partial charge in [0.2, 0.25) is 0 Å². The molecular weight excluding hydrogens is 212 g/mol. The van der Waals surface area contributed by atoms with Gasteiger partial charge in [-0.05, 0) is 12.3 Å². The van der Waals surface area contributed by atoms with E-state index >= 15 is 0 Å². The second kappa shape index (κ2) is 3.84. The van der Waals surface area contributed by atoms with Gasteiger partial charge in [-0.2, -0.15) is 5.10 Å². The Labute approximate surface area is 99.9 Å². The Morgan fingerprint density at radius 3 is 2.76 bits per heavy atom. The molecule has 1 aromatic heterocycles. The number of nitrogens with one attached hydrogen (secondary N) is 1. The standard InChI is InChI=1S/C14H14N2O/c1-9-7-11-13(12(17)8-9)14(16-15-11)10-5-3-2-4-6-10/h2-6,9H,7-8H2,1H3,(H,15,16)/t9-/m0/s1. The van der Waals surface area contributed by atoms with Crippen LogP contribution in [0.4, 0.5) is 0 Å². The number of carbonyl (C=O) groups is 1. The van der Waals surface area contributed by atoms with Gasteiger partial charge in [0.25, 0.3) is 0 Å². The van der Waals surface area contributed by atoms with Crippen molar-refractivity contribution in [1.82, 2.24) is 10.2 Å². The monoisotopic (exact) mass is 226 g/mol. The van der Waals surface area contributed by atoms with Gasteiger partial charge in [-0.3, -0.25) is 9.89 Å². The molecule has 3 nitrogen and oxygen atoms in total. The molecule has 0 saturated heterocycles. The predicted molar refractivity (Wildman–Crippen MR) is 65.8 cm³/mol. The van der Waals surface area contributed by atoms with E-state index in [9.17, 15) is 4.79 Å². The molecule has 0 fully saturated rings. The molecule has 17 heavy (non-hydrogen) atoms. The summed E-state index contributed by atoms with van der Waals surface area (Å²) < 4.78 is 0. The van der Waals surface area contributed by atoms with Gasteiger partial charge in [-0.1, -0.05) is 37.3 Å². The number of H-pyrrole nitrogens is 1. The lowest BCUT2D eigenvalue weighted by Gasteiger charge is -2.16. The molecule has 1 atom stereocenters. The van der Waals surface area contributed by atoms with Crippen LogP contribution in [0.1, 0.15) is 29.4 Å². The van der Waals surface area contributed by atoms with Crippen LogP contribution < -0.4 is 0 Å². The summed E-state index contributed by atoms with van der Waals surface area (Å²) in [6.45, 7) is 2.10. The molecule has 0 unspecified atom stereocenters. The van der Waals surface area contributed by atoms with Crippen LogP contribution in [0.5, 0.6) is 0 Å². The summed E-state index contributed by atoms with van der Waals surface area (Å²) in [6.07, 6.45) is 1.55. The molecule has 1 heterocycles. The molecule has 1 aliphatic carbocycles. The van der Waals surface area contributed by atoms with E-state index in [0.717, 1.165) is 28.9 Å². The van der Waals surface area contributed by atoms with Gasteiger partial charge in [0.15, 0.2) is 5.78 Å². The average Bonchev–Trinajstić information content (AvgIpc) is 2.74. The molecule has 0 bridgehead atoms. The summed E-state index contributed by atoms with van der Waals surface area (Å²) in [5.74, 6) is 0.630. The van der Waals surface area contributed by atoms with Crippen LogP contribution in [0, 0.1) is 5.92 Å². The molecule has 1 aliphatic rings. The van der Waals surface area contributed by atoms with Crippen molar-refractivity contribution in [3.63, 3.8) is 0 Å². The third kappa shape index (κ3) is 1.68. The first-order chi connectivity index (χ1) is 8.25. The average molecular weight is 226 g/mol. The van der Waals surface area contributed by atoms with E-state index < -0.39 is 0 Å². The van der Waals surface area contributed by atoms with Crippen LogP contribution in [0.3, 0.4) is 0 Å². The molecule has 0 radical (unpaired) electrons. The van der Waals surface area contributed by atoms with Crippen molar-refractivity contribution in [1.29, 1.82) is 0 Å². The number of ketones is 1. The van der Waals surface area contributed by atoms with Crippen molar-refractivity contribution < 1.29 is 4.79 Å². The van der Waals surface area contributed by atoms with Gasteiger partial charge in [-0.25, -0.2) is 0 Å². The van der Waals surface area contributed by atoms with Gasteiger partial charge in [-0.15, -0.1) is 0 Å². The first-order valence-corrected chi connectivity index (χ1v) is 5.91. The van der Waals surface area contributed by atoms with Crippen LogP contribution >= 0.6 is 0 Å². The minimum Gasteiger partial charge on any atom is -0.294 e. The molecule has 0 amide bonds.